The monoisotopic (exact) mass is 323 g/mol. The van der Waals surface area contributed by atoms with Gasteiger partial charge in [0, 0.05) is 41.1 Å². The third-order valence-corrected chi connectivity index (χ3v) is 4.71. The van der Waals surface area contributed by atoms with E-state index in [0.29, 0.717) is 29.0 Å². The van der Waals surface area contributed by atoms with Crippen molar-refractivity contribution in [3.8, 4) is 11.8 Å². The highest BCUT2D eigenvalue weighted by atomic mass is 16.3. The number of carbonyl (C=O) groups is 2. The lowest BCUT2D eigenvalue weighted by Gasteiger charge is -2.21. The largest absolute Gasteiger partial charge is 0.448 e. The Morgan fingerprint density at radius 1 is 1.29 bits per heavy atom. The number of fused-ring (bicyclic) bond motifs is 3. The fourth-order valence-electron chi connectivity index (χ4n) is 3.59. The van der Waals surface area contributed by atoms with Crippen molar-refractivity contribution < 1.29 is 14.0 Å². The summed E-state index contributed by atoms with van der Waals surface area (Å²) < 4.78 is 5.55. The minimum Gasteiger partial charge on any atom is -0.448 e. The van der Waals surface area contributed by atoms with Gasteiger partial charge in [0.15, 0.2) is 5.76 Å². The lowest BCUT2D eigenvalue weighted by molar-refractivity contribution is -0.112. The van der Waals surface area contributed by atoms with E-state index in [9.17, 15) is 9.59 Å². The van der Waals surface area contributed by atoms with Gasteiger partial charge < -0.3 is 20.8 Å². The second kappa shape index (κ2) is 5.69. The number of primary amides is 1. The molecule has 6 nitrogen and oxygen atoms in total. The smallest absolute Gasteiger partial charge is 0.293 e. The average Bonchev–Trinajstić information content (AvgIpc) is 3.26. The summed E-state index contributed by atoms with van der Waals surface area (Å²) in [5, 5.41) is 7.43. The summed E-state index contributed by atoms with van der Waals surface area (Å²) in [7, 11) is 0. The number of hydrogen-bond donors (Lipinski definition) is 3. The summed E-state index contributed by atoms with van der Waals surface area (Å²) in [6.45, 7) is 0. The Hall–Kier alpha value is -2.78. The Balaban J connectivity index is 1.53. The topological polar surface area (TPSA) is 97.4 Å². The van der Waals surface area contributed by atoms with Crippen molar-refractivity contribution in [1.29, 1.82) is 0 Å². The van der Waals surface area contributed by atoms with E-state index in [2.05, 4.69) is 22.5 Å². The first-order valence-corrected chi connectivity index (χ1v) is 8.00. The molecule has 0 aliphatic carbocycles. The van der Waals surface area contributed by atoms with Gasteiger partial charge in [-0.05, 0) is 37.3 Å². The lowest BCUT2D eigenvalue weighted by atomic mass is 9.95. The van der Waals surface area contributed by atoms with Crippen molar-refractivity contribution in [3.05, 3.63) is 35.6 Å². The van der Waals surface area contributed by atoms with Gasteiger partial charge in [-0.3, -0.25) is 9.59 Å². The number of rotatable bonds is 2. The molecule has 3 atom stereocenters. The summed E-state index contributed by atoms with van der Waals surface area (Å²) in [5.41, 5.74) is 6.10. The summed E-state index contributed by atoms with van der Waals surface area (Å²) in [6.07, 6.45) is 3.31. The SMILES string of the molecule is NC(=O)C#Cc1cc2ccc(C(=O)N[C@@H]3C[C@H]4CC[C@@H]3N4)cc2o1. The number of furan rings is 1. The molecule has 4 N–H and O–H groups in total. The van der Waals surface area contributed by atoms with Crippen LogP contribution in [0.25, 0.3) is 11.0 Å². The molecular formula is C18H17N3O3. The zero-order valence-electron chi connectivity index (χ0n) is 13.0. The molecule has 2 amide bonds. The number of amides is 2. The molecule has 0 saturated carbocycles. The molecule has 2 aliphatic heterocycles. The second-order valence-electron chi connectivity index (χ2n) is 6.34. The van der Waals surface area contributed by atoms with Gasteiger partial charge in [0.05, 0.1) is 0 Å². The van der Waals surface area contributed by atoms with Gasteiger partial charge in [0.1, 0.15) is 5.58 Å². The molecule has 2 aliphatic rings. The predicted molar refractivity (Wildman–Crippen MR) is 88.1 cm³/mol. The highest BCUT2D eigenvalue weighted by Gasteiger charge is 2.39. The summed E-state index contributed by atoms with van der Waals surface area (Å²) >= 11 is 0. The standard InChI is InChI=1S/C18H17N3O3/c19-17(22)6-4-13-7-10-1-2-11(8-16(10)24-13)18(23)21-15-9-12-3-5-14(15)20-12/h1-2,7-8,12,14-15,20H,3,5,9H2,(H2,19,22)(H,21,23)/t12-,14+,15-/m1/s1. The predicted octanol–water partition coefficient (Wildman–Crippen LogP) is 0.892. The molecule has 2 saturated heterocycles. The van der Waals surface area contributed by atoms with Crippen LogP contribution in [-0.4, -0.2) is 29.9 Å². The molecule has 0 unspecified atom stereocenters. The van der Waals surface area contributed by atoms with Crippen LogP contribution in [0.1, 0.15) is 35.4 Å². The van der Waals surface area contributed by atoms with Crippen molar-refractivity contribution in [2.24, 2.45) is 5.73 Å². The van der Waals surface area contributed by atoms with Crippen LogP contribution in [0.3, 0.4) is 0 Å². The fraction of sp³-hybridized carbons (Fsp3) is 0.333. The van der Waals surface area contributed by atoms with Gasteiger partial charge in [-0.2, -0.15) is 0 Å². The first kappa shape index (κ1) is 14.8. The number of carbonyl (C=O) groups excluding carboxylic acids is 2. The molecule has 24 heavy (non-hydrogen) atoms. The van der Waals surface area contributed by atoms with Crippen molar-refractivity contribution in [2.75, 3.05) is 0 Å². The minimum absolute atomic E-state index is 0.0996. The first-order chi connectivity index (χ1) is 11.6. The number of nitrogens with two attached hydrogens (primary N) is 1. The van der Waals surface area contributed by atoms with Crippen LogP contribution < -0.4 is 16.4 Å². The van der Waals surface area contributed by atoms with Crippen molar-refractivity contribution >= 4 is 22.8 Å². The zero-order chi connectivity index (χ0) is 16.7. The average molecular weight is 323 g/mol. The van der Waals surface area contributed by atoms with Crippen molar-refractivity contribution in [2.45, 2.75) is 37.4 Å². The van der Waals surface area contributed by atoms with E-state index >= 15 is 0 Å². The molecule has 1 aromatic carbocycles. The van der Waals surface area contributed by atoms with E-state index in [1.54, 1.807) is 18.2 Å². The molecule has 2 fully saturated rings. The molecule has 2 aromatic rings. The van der Waals surface area contributed by atoms with E-state index in [1.165, 1.54) is 6.42 Å². The molecule has 4 rings (SSSR count). The second-order valence-corrected chi connectivity index (χ2v) is 6.34. The van der Waals surface area contributed by atoms with Crippen LogP contribution in [0, 0.1) is 11.8 Å². The maximum Gasteiger partial charge on any atom is 0.293 e. The Bertz CT molecular complexity index is 890. The number of benzene rings is 1. The minimum atomic E-state index is -0.713. The maximum absolute atomic E-state index is 12.5. The highest BCUT2D eigenvalue weighted by Crippen LogP contribution is 2.28. The molecule has 122 valence electrons. The number of hydrogen-bond acceptors (Lipinski definition) is 4. The van der Waals surface area contributed by atoms with Crippen molar-refractivity contribution in [3.63, 3.8) is 0 Å². The van der Waals surface area contributed by atoms with E-state index < -0.39 is 5.91 Å². The van der Waals surface area contributed by atoms with Gasteiger partial charge in [0.2, 0.25) is 0 Å². The third-order valence-electron chi connectivity index (χ3n) is 4.71. The molecule has 0 radical (unpaired) electrons. The molecule has 1 aromatic heterocycles. The van der Waals surface area contributed by atoms with Crippen LogP contribution in [0.5, 0.6) is 0 Å². The lowest BCUT2D eigenvalue weighted by Crippen LogP contribution is -2.42. The van der Waals surface area contributed by atoms with Crippen LogP contribution in [0.2, 0.25) is 0 Å². The summed E-state index contributed by atoms with van der Waals surface area (Å²) in [6, 6.07) is 8.11. The van der Waals surface area contributed by atoms with Gasteiger partial charge >= 0.3 is 0 Å². The highest BCUT2D eigenvalue weighted by molar-refractivity contribution is 5.98. The maximum atomic E-state index is 12.5. The van der Waals surface area contributed by atoms with Gasteiger partial charge in [-0.25, -0.2) is 0 Å². The number of nitrogens with one attached hydrogen (secondary N) is 2. The van der Waals surface area contributed by atoms with Crippen LogP contribution in [-0.2, 0) is 4.79 Å². The molecule has 6 heteroatoms. The normalized spacial score (nSPS) is 24.6. The first-order valence-electron chi connectivity index (χ1n) is 8.00. The van der Waals surface area contributed by atoms with Gasteiger partial charge in [-0.1, -0.05) is 6.07 Å². The van der Waals surface area contributed by atoms with Crippen LogP contribution in [0.15, 0.2) is 28.7 Å². The van der Waals surface area contributed by atoms with Crippen LogP contribution in [0.4, 0.5) is 0 Å². The van der Waals surface area contributed by atoms with E-state index in [1.807, 2.05) is 6.07 Å². The van der Waals surface area contributed by atoms with Crippen LogP contribution >= 0.6 is 0 Å². The van der Waals surface area contributed by atoms with Gasteiger partial charge in [0.25, 0.3) is 11.8 Å². The van der Waals surface area contributed by atoms with Crippen molar-refractivity contribution in [1.82, 2.24) is 10.6 Å². The van der Waals surface area contributed by atoms with E-state index in [0.717, 1.165) is 18.2 Å². The zero-order valence-corrected chi connectivity index (χ0v) is 13.0. The van der Waals surface area contributed by atoms with E-state index in [4.69, 9.17) is 10.2 Å². The quantitative estimate of drug-likeness (QED) is 0.715. The molecule has 0 spiro atoms. The Labute approximate surface area is 138 Å². The Kier molecular flexibility index (Phi) is 3.51. The van der Waals surface area contributed by atoms with Gasteiger partial charge in [-0.15, -0.1) is 0 Å². The molecular weight excluding hydrogens is 306 g/mol. The Morgan fingerprint density at radius 2 is 2.17 bits per heavy atom. The summed E-state index contributed by atoms with van der Waals surface area (Å²) in [4.78, 5) is 23.2. The van der Waals surface area contributed by atoms with E-state index in [-0.39, 0.29) is 11.9 Å². The third kappa shape index (κ3) is 2.74. The molecule has 2 bridgehead atoms. The Morgan fingerprint density at radius 3 is 2.88 bits per heavy atom. The summed E-state index contributed by atoms with van der Waals surface area (Å²) in [5.74, 6) is 4.33. The fourth-order valence-corrected chi connectivity index (χ4v) is 3.59. The molecule has 3 heterocycles.